The number of nitrogens with zero attached hydrogens (tertiary/aromatic N) is 4. The zero-order valence-electron chi connectivity index (χ0n) is 15.5. The molecule has 1 fully saturated rings. The third kappa shape index (κ3) is 5.35. The molecule has 9 heteroatoms. The molecule has 2 amide bonds. The molecule has 0 radical (unpaired) electrons. The number of nitrogens with two attached hydrogens (primary N) is 1. The highest BCUT2D eigenvalue weighted by Gasteiger charge is 2.22. The van der Waals surface area contributed by atoms with Gasteiger partial charge in [-0.15, -0.1) is 10.2 Å². The number of furan rings is 1. The van der Waals surface area contributed by atoms with Crippen molar-refractivity contribution in [3.8, 4) is 0 Å². The molecule has 0 saturated carbocycles. The molecule has 3 heterocycles. The zero-order valence-corrected chi connectivity index (χ0v) is 16.3. The molecule has 0 bridgehead atoms. The normalized spacial score (nSPS) is 17.2. The summed E-state index contributed by atoms with van der Waals surface area (Å²) in [4.78, 5) is 25.6. The Morgan fingerprint density at radius 1 is 1.41 bits per heavy atom. The number of rotatable bonds is 8. The van der Waals surface area contributed by atoms with Gasteiger partial charge in [0.05, 0.1) is 18.6 Å². The van der Waals surface area contributed by atoms with Crippen LogP contribution in [-0.4, -0.2) is 50.3 Å². The van der Waals surface area contributed by atoms with Gasteiger partial charge in [0, 0.05) is 25.9 Å². The number of likely N-dealkylation sites (tertiary alicyclic amines) is 1. The molecule has 1 aliphatic rings. The zero-order chi connectivity index (χ0) is 19.2. The van der Waals surface area contributed by atoms with E-state index in [1.165, 1.54) is 18.2 Å². The highest BCUT2D eigenvalue weighted by Crippen LogP contribution is 2.22. The third-order valence-corrected chi connectivity index (χ3v) is 5.57. The average Bonchev–Trinajstić information content (AvgIpc) is 3.28. The fourth-order valence-electron chi connectivity index (χ4n) is 3.20. The summed E-state index contributed by atoms with van der Waals surface area (Å²) in [6, 6.07) is 3.68. The average molecular weight is 391 g/mol. The first-order valence-electron chi connectivity index (χ1n) is 9.16. The van der Waals surface area contributed by atoms with Gasteiger partial charge in [0.25, 0.3) is 0 Å². The molecule has 0 aromatic carbocycles. The van der Waals surface area contributed by atoms with E-state index in [9.17, 15) is 9.59 Å². The topological polar surface area (TPSA) is 107 Å². The van der Waals surface area contributed by atoms with Crippen LogP contribution in [0.1, 0.15) is 37.8 Å². The van der Waals surface area contributed by atoms with Gasteiger partial charge in [-0.25, -0.2) is 0 Å². The van der Waals surface area contributed by atoms with E-state index in [1.54, 1.807) is 6.26 Å². The van der Waals surface area contributed by atoms with Crippen LogP contribution in [-0.2, 0) is 22.6 Å². The molecule has 2 N–H and O–H groups in total. The number of aryl methyl sites for hydroxylation is 1. The summed E-state index contributed by atoms with van der Waals surface area (Å²) >= 11 is 1.37. The quantitative estimate of drug-likeness (QED) is 0.686. The number of hydrogen-bond acceptors (Lipinski definition) is 6. The maximum Gasteiger partial charge on any atom is 0.233 e. The maximum atomic E-state index is 12.5. The lowest BCUT2D eigenvalue weighted by Gasteiger charge is -2.30. The van der Waals surface area contributed by atoms with Gasteiger partial charge >= 0.3 is 0 Å². The van der Waals surface area contributed by atoms with E-state index in [0.29, 0.717) is 35.6 Å². The van der Waals surface area contributed by atoms with E-state index in [1.807, 2.05) is 21.6 Å². The Morgan fingerprint density at radius 3 is 2.96 bits per heavy atom. The minimum absolute atomic E-state index is 0.123. The lowest BCUT2D eigenvalue weighted by Crippen LogP contribution is -2.40. The SMILES string of the molecule is CC1CCCN(C(=O)CSc2nnc(CCC(N)=O)n2Cc2ccco2)C1. The van der Waals surface area contributed by atoms with E-state index in [0.717, 1.165) is 25.3 Å². The molecule has 0 aliphatic carbocycles. The summed E-state index contributed by atoms with van der Waals surface area (Å²) in [5.41, 5.74) is 5.26. The fraction of sp³-hybridized carbons (Fsp3) is 0.556. The molecule has 1 saturated heterocycles. The van der Waals surface area contributed by atoms with Crippen molar-refractivity contribution in [2.75, 3.05) is 18.8 Å². The van der Waals surface area contributed by atoms with Crippen LogP contribution in [0.5, 0.6) is 0 Å². The van der Waals surface area contributed by atoms with E-state index < -0.39 is 0 Å². The van der Waals surface area contributed by atoms with Gasteiger partial charge in [0.1, 0.15) is 11.6 Å². The fourth-order valence-corrected chi connectivity index (χ4v) is 4.06. The van der Waals surface area contributed by atoms with E-state index >= 15 is 0 Å². The van der Waals surface area contributed by atoms with Crippen LogP contribution in [0.4, 0.5) is 0 Å². The first-order chi connectivity index (χ1) is 13.0. The van der Waals surface area contributed by atoms with Gasteiger partial charge in [-0.05, 0) is 30.9 Å². The van der Waals surface area contributed by atoms with Gasteiger partial charge in [-0.1, -0.05) is 18.7 Å². The highest BCUT2D eigenvalue weighted by atomic mass is 32.2. The molecule has 3 rings (SSSR count). The third-order valence-electron chi connectivity index (χ3n) is 4.62. The summed E-state index contributed by atoms with van der Waals surface area (Å²) in [5, 5.41) is 9.05. The van der Waals surface area contributed by atoms with Crippen LogP contribution in [0.3, 0.4) is 0 Å². The van der Waals surface area contributed by atoms with Crippen LogP contribution in [0.2, 0.25) is 0 Å². The molecule has 8 nitrogen and oxygen atoms in total. The Kier molecular flexibility index (Phi) is 6.54. The first kappa shape index (κ1) is 19.5. The standard InChI is InChI=1S/C18H25N5O3S/c1-13-4-2-8-22(10-13)17(25)12-27-18-21-20-16(7-6-15(19)24)23(18)11-14-5-3-9-26-14/h3,5,9,13H,2,4,6-8,10-12H2,1H3,(H2,19,24). The molecule has 2 aromatic rings. The Bertz CT molecular complexity index is 774. The second-order valence-corrected chi connectivity index (χ2v) is 7.85. The molecular weight excluding hydrogens is 366 g/mol. The van der Waals surface area contributed by atoms with Crippen molar-refractivity contribution in [1.82, 2.24) is 19.7 Å². The Morgan fingerprint density at radius 2 is 2.26 bits per heavy atom. The molecule has 27 heavy (non-hydrogen) atoms. The highest BCUT2D eigenvalue weighted by molar-refractivity contribution is 7.99. The van der Waals surface area contributed by atoms with Crippen LogP contribution in [0, 0.1) is 5.92 Å². The molecular formula is C18H25N5O3S. The molecule has 146 valence electrons. The van der Waals surface area contributed by atoms with Crippen LogP contribution in [0.15, 0.2) is 28.0 Å². The molecule has 0 spiro atoms. The monoisotopic (exact) mass is 391 g/mol. The van der Waals surface area contributed by atoms with Gasteiger partial charge < -0.3 is 15.1 Å². The van der Waals surface area contributed by atoms with E-state index in [4.69, 9.17) is 10.2 Å². The van der Waals surface area contributed by atoms with Gasteiger partial charge in [0.15, 0.2) is 5.16 Å². The van der Waals surface area contributed by atoms with Crippen molar-refractivity contribution in [3.05, 3.63) is 30.0 Å². The molecule has 2 aromatic heterocycles. The van der Waals surface area contributed by atoms with Crippen LogP contribution < -0.4 is 5.73 Å². The van der Waals surface area contributed by atoms with Crippen LogP contribution >= 0.6 is 11.8 Å². The smallest absolute Gasteiger partial charge is 0.233 e. The number of thioether (sulfide) groups is 1. The maximum absolute atomic E-state index is 12.5. The summed E-state index contributed by atoms with van der Waals surface area (Å²) in [7, 11) is 0. The number of primary amides is 1. The number of amides is 2. The summed E-state index contributed by atoms with van der Waals surface area (Å²) in [5.74, 6) is 2.03. The number of carbonyl (C=O) groups excluding carboxylic acids is 2. The van der Waals surface area contributed by atoms with Crippen molar-refractivity contribution < 1.29 is 14.0 Å². The molecule has 1 atom stereocenters. The van der Waals surface area contributed by atoms with Gasteiger partial charge in [-0.2, -0.15) is 0 Å². The Hall–Kier alpha value is -2.29. The Balaban J connectivity index is 1.67. The van der Waals surface area contributed by atoms with Crippen molar-refractivity contribution in [2.24, 2.45) is 11.7 Å². The second kappa shape index (κ2) is 9.07. The van der Waals surface area contributed by atoms with Crippen molar-refractivity contribution in [1.29, 1.82) is 0 Å². The number of carbonyl (C=O) groups is 2. The van der Waals surface area contributed by atoms with Crippen molar-refractivity contribution >= 4 is 23.6 Å². The van der Waals surface area contributed by atoms with E-state index in [2.05, 4.69) is 17.1 Å². The van der Waals surface area contributed by atoms with Crippen molar-refractivity contribution in [3.63, 3.8) is 0 Å². The lowest BCUT2D eigenvalue weighted by molar-refractivity contribution is -0.130. The molecule has 1 aliphatic heterocycles. The van der Waals surface area contributed by atoms with E-state index in [-0.39, 0.29) is 18.2 Å². The van der Waals surface area contributed by atoms with Gasteiger partial charge in [0.2, 0.25) is 11.8 Å². The number of aromatic nitrogens is 3. The molecule has 1 unspecified atom stereocenters. The largest absolute Gasteiger partial charge is 0.467 e. The second-order valence-electron chi connectivity index (χ2n) is 6.91. The summed E-state index contributed by atoms with van der Waals surface area (Å²) in [6.07, 6.45) is 4.45. The summed E-state index contributed by atoms with van der Waals surface area (Å²) < 4.78 is 7.31. The van der Waals surface area contributed by atoms with Crippen molar-refractivity contribution in [2.45, 2.75) is 44.3 Å². The number of piperidine rings is 1. The number of hydrogen-bond donors (Lipinski definition) is 1. The minimum atomic E-state index is -0.383. The Labute approximate surface area is 162 Å². The van der Waals surface area contributed by atoms with Gasteiger partial charge in [-0.3, -0.25) is 14.2 Å². The first-order valence-corrected chi connectivity index (χ1v) is 10.1. The predicted molar refractivity (Wildman–Crippen MR) is 101 cm³/mol. The van der Waals surface area contributed by atoms with Crippen LogP contribution in [0.25, 0.3) is 0 Å². The minimum Gasteiger partial charge on any atom is -0.467 e. The summed E-state index contributed by atoms with van der Waals surface area (Å²) in [6.45, 7) is 4.28. The lowest BCUT2D eigenvalue weighted by atomic mass is 10.0. The predicted octanol–water partition coefficient (Wildman–Crippen LogP) is 1.69.